The minimum atomic E-state index is -0.606. The molecular weight excluding hydrogens is 267 g/mol. The van der Waals surface area contributed by atoms with Crippen molar-refractivity contribution in [1.82, 2.24) is 9.88 Å². The first kappa shape index (κ1) is 13.5. The number of aromatic nitrogens is 1. The van der Waals surface area contributed by atoms with Gasteiger partial charge in [0.2, 0.25) is 5.95 Å². The molecule has 0 bridgehead atoms. The summed E-state index contributed by atoms with van der Waals surface area (Å²) in [6.45, 7) is 0.385. The Hall–Kier alpha value is -1.94. The van der Waals surface area contributed by atoms with Crippen LogP contribution in [0.3, 0.4) is 0 Å². The molecule has 1 amide bonds. The Morgan fingerprint density at radius 3 is 2.68 bits per heavy atom. The maximum absolute atomic E-state index is 12.7. The van der Waals surface area contributed by atoms with Gasteiger partial charge in [0.05, 0.1) is 5.56 Å². The van der Waals surface area contributed by atoms with Gasteiger partial charge >= 0.3 is 0 Å². The highest BCUT2D eigenvalue weighted by Crippen LogP contribution is 2.17. The van der Waals surface area contributed by atoms with E-state index in [1.54, 1.807) is 13.1 Å². The van der Waals surface area contributed by atoms with Crippen molar-refractivity contribution in [2.75, 3.05) is 7.05 Å². The Kier molecular flexibility index (Phi) is 4.12. The Labute approximate surface area is 115 Å². The number of benzene rings is 1. The fourth-order valence-electron chi connectivity index (χ4n) is 1.68. The zero-order chi connectivity index (χ0) is 13.8. The van der Waals surface area contributed by atoms with E-state index in [-0.39, 0.29) is 5.91 Å². The van der Waals surface area contributed by atoms with Crippen LogP contribution in [0, 0.1) is 5.95 Å². The molecule has 2 aromatic rings. The van der Waals surface area contributed by atoms with E-state index in [9.17, 15) is 9.18 Å². The van der Waals surface area contributed by atoms with Crippen molar-refractivity contribution in [2.45, 2.75) is 6.54 Å². The van der Waals surface area contributed by atoms with Gasteiger partial charge < -0.3 is 4.90 Å². The van der Waals surface area contributed by atoms with Gasteiger partial charge in [-0.1, -0.05) is 29.8 Å². The van der Waals surface area contributed by atoms with E-state index >= 15 is 0 Å². The van der Waals surface area contributed by atoms with E-state index in [0.29, 0.717) is 17.1 Å². The average molecular weight is 279 g/mol. The third kappa shape index (κ3) is 3.29. The standard InChI is InChI=1S/C14H12ClFN2O/c1-18(9-11-4-2-3-5-12(11)15)14(19)10-6-7-13(16)17-8-10/h2-8H,9H2,1H3. The van der Waals surface area contributed by atoms with Crippen molar-refractivity contribution in [2.24, 2.45) is 0 Å². The topological polar surface area (TPSA) is 33.2 Å². The van der Waals surface area contributed by atoms with Crippen LogP contribution in [0.5, 0.6) is 0 Å². The molecular formula is C14H12ClFN2O. The Morgan fingerprint density at radius 1 is 1.32 bits per heavy atom. The van der Waals surface area contributed by atoms with Crippen molar-refractivity contribution in [3.05, 3.63) is 64.7 Å². The highest BCUT2D eigenvalue weighted by molar-refractivity contribution is 6.31. The smallest absolute Gasteiger partial charge is 0.255 e. The number of rotatable bonds is 3. The van der Waals surface area contributed by atoms with Gasteiger partial charge in [-0.25, -0.2) is 4.98 Å². The van der Waals surface area contributed by atoms with Crippen molar-refractivity contribution < 1.29 is 9.18 Å². The Balaban J connectivity index is 2.12. The second-order valence-corrected chi connectivity index (χ2v) is 4.53. The summed E-state index contributed by atoms with van der Waals surface area (Å²) in [7, 11) is 1.66. The summed E-state index contributed by atoms with van der Waals surface area (Å²) in [5, 5.41) is 0.611. The van der Waals surface area contributed by atoms with Gasteiger partial charge in [-0.2, -0.15) is 4.39 Å². The van der Waals surface area contributed by atoms with Crippen LogP contribution in [0.15, 0.2) is 42.6 Å². The summed E-state index contributed by atoms with van der Waals surface area (Å²) in [6.07, 6.45) is 1.22. The number of carbonyl (C=O) groups excluding carboxylic acids is 1. The van der Waals surface area contributed by atoms with Crippen molar-refractivity contribution in [1.29, 1.82) is 0 Å². The van der Waals surface area contributed by atoms with Crippen LogP contribution in [-0.4, -0.2) is 22.8 Å². The molecule has 0 unspecified atom stereocenters. The van der Waals surface area contributed by atoms with E-state index in [1.807, 2.05) is 18.2 Å². The van der Waals surface area contributed by atoms with E-state index in [1.165, 1.54) is 17.2 Å². The minimum absolute atomic E-state index is 0.229. The first-order chi connectivity index (χ1) is 9.08. The monoisotopic (exact) mass is 278 g/mol. The summed E-state index contributed by atoms with van der Waals surface area (Å²) in [5.41, 5.74) is 1.20. The lowest BCUT2D eigenvalue weighted by Crippen LogP contribution is -2.26. The number of hydrogen-bond donors (Lipinski definition) is 0. The molecule has 1 aromatic carbocycles. The molecule has 1 aromatic heterocycles. The first-order valence-corrected chi connectivity index (χ1v) is 6.06. The molecule has 19 heavy (non-hydrogen) atoms. The number of hydrogen-bond acceptors (Lipinski definition) is 2. The molecule has 3 nitrogen and oxygen atoms in total. The van der Waals surface area contributed by atoms with Crippen LogP contribution in [0.4, 0.5) is 4.39 Å². The van der Waals surface area contributed by atoms with Crippen LogP contribution in [0.25, 0.3) is 0 Å². The third-order valence-corrected chi connectivity index (χ3v) is 3.06. The average Bonchev–Trinajstić information content (AvgIpc) is 2.41. The Bertz CT molecular complexity index is 586. The van der Waals surface area contributed by atoms with E-state index in [0.717, 1.165) is 11.6 Å². The Morgan fingerprint density at radius 2 is 2.05 bits per heavy atom. The van der Waals surface area contributed by atoms with Gasteiger partial charge in [-0.3, -0.25) is 4.79 Å². The van der Waals surface area contributed by atoms with Gasteiger partial charge in [-0.05, 0) is 23.8 Å². The summed E-state index contributed by atoms with van der Waals surface area (Å²) < 4.78 is 12.7. The molecule has 0 spiro atoms. The predicted octanol–water partition coefficient (Wildman–Crippen LogP) is 3.15. The second-order valence-electron chi connectivity index (χ2n) is 4.12. The molecule has 0 aliphatic rings. The molecule has 0 atom stereocenters. The maximum Gasteiger partial charge on any atom is 0.255 e. The van der Waals surface area contributed by atoms with Crippen molar-refractivity contribution >= 4 is 17.5 Å². The molecule has 0 saturated carbocycles. The number of amides is 1. The lowest BCUT2D eigenvalue weighted by Gasteiger charge is -2.17. The van der Waals surface area contributed by atoms with Crippen LogP contribution < -0.4 is 0 Å². The molecule has 0 saturated heterocycles. The highest BCUT2D eigenvalue weighted by Gasteiger charge is 2.13. The predicted molar refractivity (Wildman–Crippen MR) is 71.4 cm³/mol. The molecule has 0 fully saturated rings. The molecule has 0 aliphatic carbocycles. The molecule has 1 heterocycles. The van der Waals surface area contributed by atoms with Crippen LogP contribution in [-0.2, 0) is 6.54 Å². The van der Waals surface area contributed by atoms with Gasteiger partial charge in [0.25, 0.3) is 5.91 Å². The number of pyridine rings is 1. The van der Waals surface area contributed by atoms with Gasteiger partial charge in [0.15, 0.2) is 0 Å². The van der Waals surface area contributed by atoms with E-state index < -0.39 is 5.95 Å². The van der Waals surface area contributed by atoms with Gasteiger partial charge in [-0.15, -0.1) is 0 Å². The number of halogens is 2. The fraction of sp³-hybridized carbons (Fsp3) is 0.143. The molecule has 98 valence electrons. The molecule has 2 rings (SSSR count). The largest absolute Gasteiger partial charge is 0.337 e. The summed E-state index contributed by atoms with van der Waals surface area (Å²) in [4.78, 5) is 17.1. The van der Waals surface area contributed by atoms with Gasteiger partial charge in [0, 0.05) is 24.8 Å². The summed E-state index contributed by atoms with van der Waals surface area (Å²) >= 11 is 6.04. The fourth-order valence-corrected chi connectivity index (χ4v) is 1.87. The summed E-state index contributed by atoms with van der Waals surface area (Å²) in [5.74, 6) is -0.835. The highest BCUT2D eigenvalue weighted by atomic mass is 35.5. The lowest BCUT2D eigenvalue weighted by atomic mass is 10.2. The quantitative estimate of drug-likeness (QED) is 0.808. The van der Waals surface area contributed by atoms with Gasteiger partial charge in [0.1, 0.15) is 0 Å². The van der Waals surface area contributed by atoms with E-state index in [2.05, 4.69) is 4.98 Å². The van der Waals surface area contributed by atoms with Crippen LogP contribution in [0.1, 0.15) is 15.9 Å². The zero-order valence-electron chi connectivity index (χ0n) is 10.3. The first-order valence-electron chi connectivity index (χ1n) is 5.68. The molecule has 5 heteroatoms. The van der Waals surface area contributed by atoms with Crippen molar-refractivity contribution in [3.63, 3.8) is 0 Å². The second kappa shape index (κ2) is 5.80. The van der Waals surface area contributed by atoms with E-state index in [4.69, 9.17) is 11.6 Å². The minimum Gasteiger partial charge on any atom is -0.337 e. The zero-order valence-corrected chi connectivity index (χ0v) is 11.1. The molecule has 0 N–H and O–H groups in total. The SMILES string of the molecule is CN(Cc1ccccc1Cl)C(=O)c1ccc(F)nc1. The van der Waals surface area contributed by atoms with Crippen LogP contribution >= 0.6 is 11.6 Å². The number of nitrogens with zero attached hydrogens (tertiary/aromatic N) is 2. The molecule has 0 radical (unpaired) electrons. The number of carbonyl (C=O) groups is 1. The third-order valence-electron chi connectivity index (χ3n) is 2.69. The molecule has 0 aliphatic heterocycles. The van der Waals surface area contributed by atoms with Crippen molar-refractivity contribution in [3.8, 4) is 0 Å². The lowest BCUT2D eigenvalue weighted by molar-refractivity contribution is 0.0784. The normalized spacial score (nSPS) is 10.3. The summed E-state index contributed by atoms with van der Waals surface area (Å²) in [6, 6.07) is 9.89. The van der Waals surface area contributed by atoms with Crippen LogP contribution in [0.2, 0.25) is 5.02 Å². The maximum atomic E-state index is 12.7.